The molecule has 1 heterocycles. The molecule has 8 nitrogen and oxygen atoms in total. The van der Waals surface area contributed by atoms with E-state index < -0.39 is 0 Å². The highest BCUT2D eigenvalue weighted by atomic mass is 32.1. The molecule has 0 saturated heterocycles. The number of nitrogens with one attached hydrogen (secondary N) is 3. The van der Waals surface area contributed by atoms with Gasteiger partial charge in [-0.25, -0.2) is 9.78 Å². The summed E-state index contributed by atoms with van der Waals surface area (Å²) < 4.78 is 10.4. The molecule has 0 fully saturated rings. The first kappa shape index (κ1) is 21.1. The van der Waals surface area contributed by atoms with E-state index in [2.05, 4.69) is 20.9 Å². The predicted molar refractivity (Wildman–Crippen MR) is 118 cm³/mol. The Bertz CT molecular complexity index is 1010. The van der Waals surface area contributed by atoms with E-state index in [1.54, 1.807) is 37.4 Å². The number of hydrogen-bond donors (Lipinski definition) is 3. The lowest BCUT2D eigenvalue weighted by atomic mass is 10.2. The van der Waals surface area contributed by atoms with Crippen LogP contribution in [0.4, 0.5) is 21.3 Å². The van der Waals surface area contributed by atoms with Crippen molar-refractivity contribution in [3.05, 3.63) is 59.6 Å². The fourth-order valence-electron chi connectivity index (χ4n) is 2.63. The van der Waals surface area contributed by atoms with Crippen LogP contribution in [0.15, 0.2) is 53.9 Å². The average molecular weight is 426 g/mol. The van der Waals surface area contributed by atoms with Crippen LogP contribution in [0.5, 0.6) is 11.5 Å². The van der Waals surface area contributed by atoms with Gasteiger partial charge in [-0.15, -0.1) is 11.3 Å². The molecule has 30 heavy (non-hydrogen) atoms. The van der Waals surface area contributed by atoms with Crippen LogP contribution in [0.3, 0.4) is 0 Å². The first-order chi connectivity index (χ1) is 14.6. The smallest absolute Gasteiger partial charge is 0.325 e. The Labute approximate surface area is 178 Å². The van der Waals surface area contributed by atoms with Crippen LogP contribution in [-0.2, 0) is 11.2 Å². The minimum absolute atomic E-state index is 0.175. The van der Waals surface area contributed by atoms with Gasteiger partial charge in [0.15, 0.2) is 5.13 Å². The third kappa shape index (κ3) is 5.95. The SMILES string of the molecule is COc1ccc(OC)c(NC(=O)CCc2csc(NC(=O)Nc3ccccc3)n2)c1. The maximum atomic E-state index is 12.3. The van der Waals surface area contributed by atoms with E-state index in [1.165, 1.54) is 18.4 Å². The highest BCUT2D eigenvalue weighted by Crippen LogP contribution is 2.29. The molecular weight excluding hydrogens is 404 g/mol. The number of urea groups is 1. The number of carbonyl (C=O) groups excluding carboxylic acids is 2. The van der Waals surface area contributed by atoms with Crippen LogP contribution in [0.2, 0.25) is 0 Å². The van der Waals surface area contributed by atoms with E-state index in [0.29, 0.717) is 34.4 Å². The zero-order valence-electron chi connectivity index (χ0n) is 16.6. The van der Waals surface area contributed by atoms with Gasteiger partial charge in [-0.1, -0.05) is 18.2 Å². The van der Waals surface area contributed by atoms with Gasteiger partial charge in [0.05, 0.1) is 25.6 Å². The van der Waals surface area contributed by atoms with Crippen LogP contribution in [0, 0.1) is 0 Å². The summed E-state index contributed by atoms with van der Waals surface area (Å²) in [6, 6.07) is 14.0. The first-order valence-electron chi connectivity index (χ1n) is 9.16. The topological polar surface area (TPSA) is 102 Å². The lowest BCUT2D eigenvalue weighted by Gasteiger charge is -2.11. The quantitative estimate of drug-likeness (QED) is 0.496. The van der Waals surface area contributed by atoms with Gasteiger partial charge in [0, 0.05) is 23.6 Å². The normalized spacial score (nSPS) is 10.2. The summed E-state index contributed by atoms with van der Waals surface area (Å²) in [6.07, 6.45) is 0.677. The van der Waals surface area contributed by atoms with Gasteiger partial charge in [0.1, 0.15) is 11.5 Å². The fraction of sp³-hybridized carbons (Fsp3) is 0.190. The van der Waals surface area contributed by atoms with Gasteiger partial charge in [-0.3, -0.25) is 10.1 Å². The fourth-order valence-corrected chi connectivity index (χ4v) is 3.37. The number of aryl methyl sites for hydroxylation is 1. The summed E-state index contributed by atoms with van der Waals surface area (Å²) in [4.78, 5) is 28.7. The van der Waals surface area contributed by atoms with Crippen LogP contribution < -0.4 is 25.4 Å². The molecule has 0 aliphatic carbocycles. The molecule has 3 N–H and O–H groups in total. The third-order valence-corrected chi connectivity index (χ3v) is 4.90. The summed E-state index contributed by atoms with van der Waals surface area (Å²) in [6.45, 7) is 0. The lowest BCUT2D eigenvalue weighted by Crippen LogP contribution is -2.19. The Morgan fingerprint density at radius 1 is 1.00 bits per heavy atom. The molecule has 0 saturated carbocycles. The molecule has 0 bridgehead atoms. The molecule has 3 aromatic rings. The van der Waals surface area contributed by atoms with Crippen molar-refractivity contribution in [1.29, 1.82) is 0 Å². The van der Waals surface area contributed by atoms with Crippen LogP contribution in [0.1, 0.15) is 12.1 Å². The van der Waals surface area contributed by atoms with Gasteiger partial charge < -0.3 is 20.1 Å². The van der Waals surface area contributed by atoms with Crippen molar-refractivity contribution < 1.29 is 19.1 Å². The first-order valence-corrected chi connectivity index (χ1v) is 10.0. The Morgan fingerprint density at radius 2 is 1.80 bits per heavy atom. The summed E-state index contributed by atoms with van der Waals surface area (Å²) in [5, 5.41) is 10.5. The standard InChI is InChI=1S/C21H22N4O4S/c1-28-16-9-10-18(29-2)17(12-16)24-19(26)11-8-15-13-30-21(23-15)25-20(27)22-14-6-4-3-5-7-14/h3-7,9-10,12-13H,8,11H2,1-2H3,(H,24,26)(H2,22,23,25,27). The van der Waals surface area contributed by atoms with E-state index in [-0.39, 0.29) is 18.4 Å². The number of aromatic nitrogens is 1. The number of benzene rings is 2. The van der Waals surface area contributed by atoms with Crippen molar-refractivity contribution in [2.75, 3.05) is 30.2 Å². The molecule has 3 amide bonds. The highest BCUT2D eigenvalue weighted by molar-refractivity contribution is 7.13. The average Bonchev–Trinajstić information content (AvgIpc) is 3.20. The summed E-state index contributed by atoms with van der Waals surface area (Å²) >= 11 is 1.30. The van der Waals surface area contributed by atoms with E-state index in [0.717, 1.165) is 5.69 Å². The second kappa shape index (κ2) is 10.3. The zero-order chi connectivity index (χ0) is 21.3. The molecule has 0 unspecified atom stereocenters. The molecule has 0 atom stereocenters. The van der Waals surface area contributed by atoms with E-state index >= 15 is 0 Å². The number of ether oxygens (including phenoxy) is 2. The van der Waals surface area contributed by atoms with Crippen LogP contribution in [0.25, 0.3) is 0 Å². The number of amides is 3. The largest absolute Gasteiger partial charge is 0.497 e. The monoisotopic (exact) mass is 426 g/mol. The van der Waals surface area contributed by atoms with Crippen molar-refractivity contribution >= 4 is 39.8 Å². The molecule has 2 aromatic carbocycles. The Hall–Kier alpha value is -3.59. The summed E-state index contributed by atoms with van der Waals surface area (Å²) in [7, 11) is 3.09. The van der Waals surface area contributed by atoms with Crippen LogP contribution >= 0.6 is 11.3 Å². The molecule has 3 rings (SSSR count). The number of nitrogens with zero attached hydrogens (tertiary/aromatic N) is 1. The Kier molecular flexibility index (Phi) is 7.23. The number of hydrogen-bond acceptors (Lipinski definition) is 6. The van der Waals surface area contributed by atoms with Crippen molar-refractivity contribution in [2.45, 2.75) is 12.8 Å². The minimum atomic E-state index is -0.370. The van der Waals surface area contributed by atoms with Gasteiger partial charge in [0.2, 0.25) is 5.91 Å². The van der Waals surface area contributed by atoms with Crippen molar-refractivity contribution in [1.82, 2.24) is 4.98 Å². The molecule has 1 aromatic heterocycles. The van der Waals surface area contributed by atoms with E-state index in [1.807, 2.05) is 23.6 Å². The third-order valence-electron chi connectivity index (χ3n) is 4.09. The summed E-state index contributed by atoms with van der Waals surface area (Å²) in [5.41, 5.74) is 1.96. The van der Waals surface area contributed by atoms with Crippen molar-refractivity contribution in [3.8, 4) is 11.5 Å². The molecule has 0 spiro atoms. The zero-order valence-corrected chi connectivity index (χ0v) is 17.4. The Balaban J connectivity index is 1.50. The summed E-state index contributed by atoms with van der Waals surface area (Å²) in [5.74, 6) is 0.995. The highest BCUT2D eigenvalue weighted by Gasteiger charge is 2.11. The van der Waals surface area contributed by atoms with Gasteiger partial charge >= 0.3 is 6.03 Å². The number of thiazole rings is 1. The molecule has 0 aliphatic rings. The number of para-hydroxylation sites is 1. The molecule has 9 heteroatoms. The molecule has 0 aliphatic heterocycles. The number of anilines is 3. The minimum Gasteiger partial charge on any atom is -0.497 e. The van der Waals surface area contributed by atoms with E-state index in [4.69, 9.17) is 9.47 Å². The van der Waals surface area contributed by atoms with Crippen LogP contribution in [-0.4, -0.2) is 31.1 Å². The Morgan fingerprint density at radius 3 is 2.53 bits per heavy atom. The number of carbonyl (C=O) groups is 2. The van der Waals surface area contributed by atoms with Gasteiger partial charge in [-0.05, 0) is 30.7 Å². The second-order valence-corrected chi connectivity index (χ2v) is 7.06. The lowest BCUT2D eigenvalue weighted by molar-refractivity contribution is -0.116. The molecule has 0 radical (unpaired) electrons. The van der Waals surface area contributed by atoms with E-state index in [9.17, 15) is 9.59 Å². The second-order valence-electron chi connectivity index (χ2n) is 6.20. The van der Waals surface area contributed by atoms with Gasteiger partial charge in [0.25, 0.3) is 0 Å². The van der Waals surface area contributed by atoms with Crippen molar-refractivity contribution in [3.63, 3.8) is 0 Å². The molecular formula is C21H22N4O4S. The predicted octanol–water partition coefficient (Wildman–Crippen LogP) is 4.38. The van der Waals surface area contributed by atoms with Gasteiger partial charge in [-0.2, -0.15) is 0 Å². The number of methoxy groups -OCH3 is 2. The maximum Gasteiger partial charge on any atom is 0.325 e. The molecule has 156 valence electrons. The van der Waals surface area contributed by atoms with Crippen molar-refractivity contribution in [2.24, 2.45) is 0 Å². The maximum absolute atomic E-state index is 12.3. The number of rotatable bonds is 8.